The summed E-state index contributed by atoms with van der Waals surface area (Å²) >= 11 is 1.28. The van der Waals surface area contributed by atoms with Gasteiger partial charge in [0.05, 0.1) is 0 Å². The minimum absolute atomic E-state index is 0.145. The summed E-state index contributed by atoms with van der Waals surface area (Å²) in [6.45, 7) is 9.12. The first kappa shape index (κ1) is 17.5. The van der Waals surface area contributed by atoms with Crippen molar-refractivity contribution in [3.8, 4) is 0 Å². The molecule has 1 fully saturated rings. The Morgan fingerprint density at radius 1 is 0.958 bits per heavy atom. The number of rotatable bonds is 3. The zero-order valence-corrected chi connectivity index (χ0v) is 16.0. The molecule has 1 aromatic carbocycles. The van der Waals surface area contributed by atoms with E-state index in [-0.39, 0.29) is 5.41 Å². The molecular formula is C18H24N2O2S2. The third-order valence-electron chi connectivity index (χ3n) is 4.43. The fourth-order valence-corrected chi connectivity index (χ4v) is 5.46. The van der Waals surface area contributed by atoms with Crippen molar-refractivity contribution < 1.29 is 8.42 Å². The third kappa shape index (κ3) is 3.50. The van der Waals surface area contributed by atoms with Crippen LogP contribution in [0.1, 0.15) is 26.3 Å². The van der Waals surface area contributed by atoms with Gasteiger partial charge in [0.1, 0.15) is 4.21 Å². The number of hydrogen-bond donors (Lipinski definition) is 0. The van der Waals surface area contributed by atoms with E-state index in [1.54, 1.807) is 21.8 Å². The molecule has 4 nitrogen and oxygen atoms in total. The summed E-state index contributed by atoms with van der Waals surface area (Å²) in [5.41, 5.74) is 2.62. The fraction of sp³-hybridized carbons (Fsp3) is 0.444. The minimum atomic E-state index is -3.33. The zero-order chi connectivity index (χ0) is 17.4. The predicted molar refractivity (Wildman–Crippen MR) is 100 cm³/mol. The van der Waals surface area contributed by atoms with E-state index in [1.165, 1.54) is 16.9 Å². The Hall–Kier alpha value is -1.37. The Bertz CT molecular complexity index is 767. The van der Waals surface area contributed by atoms with Gasteiger partial charge in [-0.2, -0.15) is 4.31 Å². The van der Waals surface area contributed by atoms with E-state index >= 15 is 0 Å². The van der Waals surface area contributed by atoms with Crippen molar-refractivity contribution in [2.75, 3.05) is 31.1 Å². The summed E-state index contributed by atoms with van der Waals surface area (Å²) in [7, 11) is -3.33. The number of thiophene rings is 1. The maximum absolute atomic E-state index is 12.6. The number of benzene rings is 1. The molecule has 0 saturated carbocycles. The molecule has 130 valence electrons. The monoisotopic (exact) mass is 364 g/mol. The molecule has 24 heavy (non-hydrogen) atoms. The van der Waals surface area contributed by atoms with Crippen molar-refractivity contribution >= 4 is 27.0 Å². The average molecular weight is 365 g/mol. The Balaban J connectivity index is 1.67. The zero-order valence-electron chi connectivity index (χ0n) is 14.4. The van der Waals surface area contributed by atoms with Gasteiger partial charge in [0.2, 0.25) is 0 Å². The summed E-state index contributed by atoms with van der Waals surface area (Å²) < 4.78 is 27.2. The molecule has 0 unspecified atom stereocenters. The molecule has 1 aliphatic heterocycles. The Morgan fingerprint density at radius 3 is 2.08 bits per heavy atom. The van der Waals surface area contributed by atoms with Gasteiger partial charge < -0.3 is 4.90 Å². The van der Waals surface area contributed by atoms with E-state index in [0.717, 1.165) is 18.8 Å². The average Bonchev–Trinajstić information content (AvgIpc) is 3.10. The summed E-state index contributed by atoms with van der Waals surface area (Å²) in [5.74, 6) is 0. The van der Waals surface area contributed by atoms with Crippen LogP contribution in [0.4, 0.5) is 5.69 Å². The minimum Gasteiger partial charge on any atom is -0.369 e. The first-order valence-corrected chi connectivity index (χ1v) is 10.5. The van der Waals surface area contributed by atoms with E-state index in [9.17, 15) is 8.42 Å². The lowest BCUT2D eigenvalue weighted by atomic mass is 9.87. The van der Waals surface area contributed by atoms with Crippen molar-refractivity contribution in [2.24, 2.45) is 0 Å². The molecular weight excluding hydrogens is 340 g/mol. The van der Waals surface area contributed by atoms with Gasteiger partial charge in [-0.25, -0.2) is 8.42 Å². The fourth-order valence-electron chi connectivity index (χ4n) is 2.90. The summed E-state index contributed by atoms with van der Waals surface area (Å²) in [4.78, 5) is 2.26. The van der Waals surface area contributed by atoms with Crippen LogP contribution in [0.5, 0.6) is 0 Å². The summed E-state index contributed by atoms with van der Waals surface area (Å²) in [5, 5.41) is 1.81. The van der Waals surface area contributed by atoms with Gasteiger partial charge in [0, 0.05) is 31.9 Å². The van der Waals surface area contributed by atoms with E-state index in [0.29, 0.717) is 17.3 Å². The molecule has 6 heteroatoms. The first-order chi connectivity index (χ1) is 11.3. The maximum Gasteiger partial charge on any atom is 0.252 e. The standard InChI is InChI=1S/C18H24N2O2S2/c1-18(2,3)15-6-8-16(9-7-15)19-10-12-20(13-11-19)24(21,22)17-5-4-14-23-17/h4-9,14H,10-13H2,1-3H3. The predicted octanol–water partition coefficient (Wildman–Crippen LogP) is 3.56. The molecule has 0 bridgehead atoms. The van der Waals surface area contributed by atoms with Crippen molar-refractivity contribution in [3.63, 3.8) is 0 Å². The molecule has 3 rings (SSSR count). The van der Waals surface area contributed by atoms with Gasteiger partial charge >= 0.3 is 0 Å². The number of anilines is 1. The lowest BCUT2D eigenvalue weighted by molar-refractivity contribution is 0.386. The van der Waals surface area contributed by atoms with Crippen LogP contribution < -0.4 is 4.90 Å². The van der Waals surface area contributed by atoms with Crippen LogP contribution in [0.3, 0.4) is 0 Å². The van der Waals surface area contributed by atoms with Crippen LogP contribution >= 0.6 is 11.3 Å². The molecule has 2 heterocycles. The van der Waals surface area contributed by atoms with Crippen LogP contribution in [0, 0.1) is 0 Å². The van der Waals surface area contributed by atoms with Crippen LogP contribution in [-0.2, 0) is 15.4 Å². The number of piperazine rings is 1. The van der Waals surface area contributed by atoms with Crippen LogP contribution in [-0.4, -0.2) is 38.9 Å². The lowest BCUT2D eigenvalue weighted by Gasteiger charge is -2.35. The van der Waals surface area contributed by atoms with E-state index in [2.05, 4.69) is 49.9 Å². The van der Waals surface area contributed by atoms with Crippen LogP contribution in [0.25, 0.3) is 0 Å². The molecule has 1 aromatic heterocycles. The normalized spacial score (nSPS) is 17.2. The molecule has 0 atom stereocenters. The smallest absolute Gasteiger partial charge is 0.252 e. The number of sulfonamides is 1. The third-order valence-corrected chi connectivity index (χ3v) is 7.70. The van der Waals surface area contributed by atoms with Crippen LogP contribution in [0.2, 0.25) is 0 Å². The first-order valence-electron chi connectivity index (χ1n) is 8.18. The van der Waals surface area contributed by atoms with Crippen LogP contribution in [0.15, 0.2) is 46.0 Å². The van der Waals surface area contributed by atoms with Crippen molar-refractivity contribution in [3.05, 3.63) is 47.3 Å². The van der Waals surface area contributed by atoms with Crippen molar-refractivity contribution in [1.82, 2.24) is 4.31 Å². The summed E-state index contributed by atoms with van der Waals surface area (Å²) in [6, 6.07) is 12.1. The molecule has 0 radical (unpaired) electrons. The highest BCUT2D eigenvalue weighted by atomic mass is 32.2. The quantitative estimate of drug-likeness (QED) is 0.836. The van der Waals surface area contributed by atoms with Gasteiger partial charge in [0.15, 0.2) is 0 Å². The van der Waals surface area contributed by atoms with Gasteiger partial charge in [-0.05, 0) is 34.6 Å². The van der Waals surface area contributed by atoms with Gasteiger partial charge in [0.25, 0.3) is 10.0 Å². The summed E-state index contributed by atoms with van der Waals surface area (Å²) in [6.07, 6.45) is 0. The largest absolute Gasteiger partial charge is 0.369 e. The molecule has 0 aliphatic carbocycles. The van der Waals surface area contributed by atoms with E-state index in [1.807, 2.05) is 0 Å². The number of nitrogens with zero attached hydrogens (tertiary/aromatic N) is 2. The highest BCUT2D eigenvalue weighted by molar-refractivity contribution is 7.91. The molecule has 1 saturated heterocycles. The second kappa shape index (κ2) is 6.50. The topological polar surface area (TPSA) is 40.6 Å². The van der Waals surface area contributed by atoms with Gasteiger partial charge in [-0.15, -0.1) is 11.3 Å². The van der Waals surface area contributed by atoms with Crippen molar-refractivity contribution in [2.45, 2.75) is 30.4 Å². The Morgan fingerprint density at radius 2 is 1.58 bits per heavy atom. The van der Waals surface area contributed by atoms with E-state index in [4.69, 9.17) is 0 Å². The molecule has 2 aromatic rings. The maximum atomic E-state index is 12.6. The molecule has 1 aliphatic rings. The molecule has 0 spiro atoms. The number of hydrogen-bond acceptors (Lipinski definition) is 4. The second-order valence-electron chi connectivity index (χ2n) is 7.12. The molecule has 0 amide bonds. The highest BCUT2D eigenvalue weighted by Gasteiger charge is 2.29. The SMILES string of the molecule is CC(C)(C)c1ccc(N2CCN(S(=O)(=O)c3cccs3)CC2)cc1. The van der Waals surface area contributed by atoms with Gasteiger partial charge in [-0.3, -0.25) is 0 Å². The Kier molecular flexibility index (Phi) is 4.73. The highest BCUT2D eigenvalue weighted by Crippen LogP contribution is 2.27. The van der Waals surface area contributed by atoms with E-state index < -0.39 is 10.0 Å². The Labute approximate surface area is 148 Å². The lowest BCUT2D eigenvalue weighted by Crippen LogP contribution is -2.48. The molecule has 0 N–H and O–H groups in total. The van der Waals surface area contributed by atoms with Crippen molar-refractivity contribution in [1.29, 1.82) is 0 Å². The van der Waals surface area contributed by atoms with Gasteiger partial charge in [-0.1, -0.05) is 39.0 Å². The second-order valence-corrected chi connectivity index (χ2v) is 10.2.